The van der Waals surface area contributed by atoms with Crippen molar-refractivity contribution in [2.75, 3.05) is 10.6 Å². The SMILES string of the molecule is CC(CCc1ccccc1)Oc1ccc2c(NC(=O)Nc3ccc(F)c(F)c3F)n[nH]c2c1. The van der Waals surface area contributed by atoms with Gasteiger partial charge in [-0.15, -0.1) is 0 Å². The molecule has 0 spiro atoms. The Morgan fingerprint density at radius 2 is 1.82 bits per heavy atom. The number of rotatable bonds is 7. The fraction of sp³-hybridized carbons (Fsp3) is 0.167. The number of aromatic amines is 1. The number of nitrogens with one attached hydrogen (secondary N) is 3. The monoisotopic (exact) mass is 454 g/mol. The number of anilines is 2. The van der Waals surface area contributed by atoms with Crippen LogP contribution in [-0.4, -0.2) is 22.3 Å². The molecule has 0 fully saturated rings. The number of hydrogen-bond donors (Lipinski definition) is 3. The summed E-state index contributed by atoms with van der Waals surface area (Å²) < 4.78 is 46.1. The minimum atomic E-state index is -1.66. The summed E-state index contributed by atoms with van der Waals surface area (Å²) in [5, 5.41) is 12.0. The number of aryl methyl sites for hydroxylation is 1. The van der Waals surface area contributed by atoms with Crippen molar-refractivity contribution in [1.29, 1.82) is 0 Å². The summed E-state index contributed by atoms with van der Waals surface area (Å²) in [5.41, 5.74) is 1.37. The van der Waals surface area contributed by atoms with Gasteiger partial charge in [-0.1, -0.05) is 30.3 Å². The van der Waals surface area contributed by atoms with Gasteiger partial charge in [-0.25, -0.2) is 18.0 Å². The molecule has 4 aromatic rings. The third-order valence-electron chi connectivity index (χ3n) is 5.07. The van der Waals surface area contributed by atoms with Crippen molar-refractivity contribution in [3.05, 3.63) is 83.7 Å². The van der Waals surface area contributed by atoms with E-state index in [9.17, 15) is 18.0 Å². The van der Waals surface area contributed by atoms with E-state index in [1.165, 1.54) is 5.56 Å². The minimum Gasteiger partial charge on any atom is -0.491 e. The summed E-state index contributed by atoms with van der Waals surface area (Å²) in [6.07, 6.45) is 1.73. The van der Waals surface area contributed by atoms with Crippen molar-refractivity contribution >= 4 is 28.4 Å². The van der Waals surface area contributed by atoms with E-state index in [-0.39, 0.29) is 11.9 Å². The first-order valence-electron chi connectivity index (χ1n) is 10.3. The van der Waals surface area contributed by atoms with Crippen molar-refractivity contribution in [1.82, 2.24) is 10.2 Å². The lowest BCUT2D eigenvalue weighted by atomic mass is 10.1. The minimum absolute atomic E-state index is 0.0139. The summed E-state index contributed by atoms with van der Waals surface area (Å²) in [4.78, 5) is 12.2. The molecule has 0 bridgehead atoms. The zero-order valence-electron chi connectivity index (χ0n) is 17.7. The van der Waals surface area contributed by atoms with Crippen LogP contribution in [0.15, 0.2) is 60.7 Å². The number of urea groups is 1. The largest absolute Gasteiger partial charge is 0.491 e. The molecule has 0 saturated carbocycles. The lowest BCUT2D eigenvalue weighted by molar-refractivity contribution is 0.211. The maximum Gasteiger partial charge on any atom is 0.324 e. The first kappa shape index (κ1) is 22.2. The van der Waals surface area contributed by atoms with E-state index in [4.69, 9.17) is 4.74 Å². The van der Waals surface area contributed by atoms with Crippen LogP contribution in [0.2, 0.25) is 0 Å². The molecule has 1 atom stereocenters. The van der Waals surface area contributed by atoms with E-state index in [2.05, 4.69) is 33.0 Å². The summed E-state index contributed by atoms with van der Waals surface area (Å²) >= 11 is 0. The molecule has 0 aliphatic rings. The Morgan fingerprint density at radius 1 is 1.03 bits per heavy atom. The average molecular weight is 454 g/mol. The molecule has 1 heterocycles. The molecule has 0 radical (unpaired) electrons. The number of aromatic nitrogens is 2. The van der Waals surface area contributed by atoms with E-state index in [0.29, 0.717) is 16.7 Å². The first-order valence-corrected chi connectivity index (χ1v) is 10.3. The van der Waals surface area contributed by atoms with Gasteiger partial charge in [0.2, 0.25) is 0 Å². The first-order chi connectivity index (χ1) is 15.9. The van der Waals surface area contributed by atoms with Crippen LogP contribution >= 0.6 is 0 Å². The van der Waals surface area contributed by atoms with Gasteiger partial charge in [0, 0.05) is 11.5 Å². The molecular weight excluding hydrogens is 433 g/mol. The van der Waals surface area contributed by atoms with Gasteiger partial charge in [0.1, 0.15) is 5.75 Å². The molecule has 170 valence electrons. The Labute approximate surface area is 187 Å². The molecule has 4 rings (SSSR count). The van der Waals surface area contributed by atoms with Crippen molar-refractivity contribution in [2.45, 2.75) is 25.9 Å². The predicted octanol–water partition coefficient (Wildman–Crippen LogP) is 6.02. The standard InChI is InChI=1S/C24H21F3N4O2/c1-14(7-8-15-5-3-2-4-6-15)33-16-9-10-17-20(13-16)30-31-23(17)29-24(32)28-19-12-11-18(25)21(26)22(19)27/h2-6,9-14H,7-8H2,1H3,(H3,28,29,30,31,32). The van der Waals surface area contributed by atoms with Crippen molar-refractivity contribution < 1.29 is 22.7 Å². The number of carbonyl (C=O) groups is 1. The Morgan fingerprint density at radius 3 is 2.61 bits per heavy atom. The van der Waals surface area contributed by atoms with Crippen LogP contribution < -0.4 is 15.4 Å². The lowest BCUT2D eigenvalue weighted by Gasteiger charge is -2.14. The van der Waals surface area contributed by atoms with Crippen LogP contribution in [0.25, 0.3) is 10.9 Å². The van der Waals surface area contributed by atoms with Crippen molar-refractivity contribution in [2.24, 2.45) is 0 Å². The lowest BCUT2D eigenvalue weighted by Crippen LogP contribution is -2.21. The second-order valence-electron chi connectivity index (χ2n) is 7.53. The van der Waals surface area contributed by atoms with Crippen molar-refractivity contribution in [3.8, 4) is 5.75 Å². The van der Waals surface area contributed by atoms with Crippen molar-refractivity contribution in [3.63, 3.8) is 0 Å². The maximum atomic E-state index is 13.8. The van der Waals surface area contributed by atoms with E-state index in [0.717, 1.165) is 25.0 Å². The molecule has 33 heavy (non-hydrogen) atoms. The van der Waals surface area contributed by atoms with Crippen LogP contribution in [-0.2, 0) is 6.42 Å². The van der Waals surface area contributed by atoms with Gasteiger partial charge in [0.15, 0.2) is 23.3 Å². The number of H-pyrrole nitrogens is 1. The summed E-state index contributed by atoms with van der Waals surface area (Å²) in [6.45, 7) is 1.99. The molecule has 0 aliphatic heterocycles. The zero-order valence-corrected chi connectivity index (χ0v) is 17.7. The molecule has 1 unspecified atom stereocenters. The molecule has 1 aromatic heterocycles. The van der Waals surface area contributed by atoms with Gasteiger partial charge in [-0.3, -0.25) is 10.4 Å². The number of amides is 2. The zero-order chi connectivity index (χ0) is 23.4. The Balaban J connectivity index is 1.38. The number of halogens is 3. The highest BCUT2D eigenvalue weighted by Gasteiger charge is 2.17. The van der Waals surface area contributed by atoms with Gasteiger partial charge >= 0.3 is 6.03 Å². The highest BCUT2D eigenvalue weighted by atomic mass is 19.2. The number of ether oxygens (including phenoxy) is 1. The Bertz CT molecular complexity index is 1280. The molecule has 3 aromatic carbocycles. The van der Waals surface area contributed by atoms with Crippen LogP contribution in [0.3, 0.4) is 0 Å². The van der Waals surface area contributed by atoms with Gasteiger partial charge in [0.05, 0.1) is 17.3 Å². The number of nitrogens with zero attached hydrogens (tertiary/aromatic N) is 1. The van der Waals surface area contributed by atoms with E-state index in [1.807, 2.05) is 25.1 Å². The fourth-order valence-corrected chi connectivity index (χ4v) is 3.36. The van der Waals surface area contributed by atoms with Gasteiger partial charge in [-0.2, -0.15) is 5.10 Å². The summed E-state index contributed by atoms with van der Waals surface area (Å²) in [7, 11) is 0. The average Bonchev–Trinajstić information content (AvgIpc) is 3.20. The highest BCUT2D eigenvalue weighted by molar-refractivity contribution is 6.04. The van der Waals surface area contributed by atoms with E-state index in [1.54, 1.807) is 18.2 Å². The molecule has 0 saturated heterocycles. The smallest absolute Gasteiger partial charge is 0.324 e. The quantitative estimate of drug-likeness (QED) is 0.299. The fourth-order valence-electron chi connectivity index (χ4n) is 3.36. The maximum absolute atomic E-state index is 13.8. The summed E-state index contributed by atoms with van der Waals surface area (Å²) in [5.74, 6) is -3.66. The number of hydrogen-bond acceptors (Lipinski definition) is 3. The van der Waals surface area contributed by atoms with Crippen LogP contribution in [0.5, 0.6) is 5.75 Å². The molecular formula is C24H21F3N4O2. The van der Waals surface area contributed by atoms with E-state index >= 15 is 0 Å². The predicted molar refractivity (Wildman–Crippen MR) is 120 cm³/mol. The van der Waals surface area contributed by atoms with Gasteiger partial charge in [0.25, 0.3) is 0 Å². The molecule has 2 amide bonds. The number of fused-ring (bicyclic) bond motifs is 1. The normalized spacial score (nSPS) is 11.9. The molecule has 6 nitrogen and oxygen atoms in total. The van der Waals surface area contributed by atoms with Crippen LogP contribution in [0, 0.1) is 17.5 Å². The van der Waals surface area contributed by atoms with Crippen LogP contribution in [0.1, 0.15) is 18.9 Å². The second-order valence-corrected chi connectivity index (χ2v) is 7.53. The molecule has 3 N–H and O–H groups in total. The number of carbonyl (C=O) groups excluding carboxylic acids is 1. The third-order valence-corrected chi connectivity index (χ3v) is 5.07. The van der Waals surface area contributed by atoms with E-state index < -0.39 is 29.2 Å². The van der Waals surface area contributed by atoms with Crippen LogP contribution in [0.4, 0.5) is 29.5 Å². The molecule has 0 aliphatic carbocycles. The Hall–Kier alpha value is -4.01. The second kappa shape index (κ2) is 9.64. The van der Waals surface area contributed by atoms with Gasteiger partial charge in [-0.05, 0) is 49.6 Å². The molecule has 9 heteroatoms. The Kier molecular flexibility index (Phi) is 6.48. The highest BCUT2D eigenvalue weighted by Crippen LogP contribution is 2.26. The van der Waals surface area contributed by atoms with Gasteiger partial charge < -0.3 is 10.1 Å². The topological polar surface area (TPSA) is 79.0 Å². The number of benzene rings is 3. The third kappa shape index (κ3) is 5.25. The summed E-state index contributed by atoms with van der Waals surface area (Å²) in [6, 6.07) is 16.2.